The number of methoxy groups -OCH3 is 1. The minimum Gasteiger partial charge on any atom is -0.497 e. The quantitative estimate of drug-likeness (QED) is 0.125. The summed E-state index contributed by atoms with van der Waals surface area (Å²) in [6.07, 6.45) is -1.39. The summed E-state index contributed by atoms with van der Waals surface area (Å²) < 4.78 is 28.8. The van der Waals surface area contributed by atoms with E-state index in [-0.39, 0.29) is 19.4 Å². The van der Waals surface area contributed by atoms with Crippen LogP contribution >= 0.6 is 0 Å². The van der Waals surface area contributed by atoms with Crippen LogP contribution in [0.15, 0.2) is 48.5 Å². The van der Waals surface area contributed by atoms with Gasteiger partial charge in [-0.1, -0.05) is 36.4 Å². The van der Waals surface area contributed by atoms with Gasteiger partial charge in [0.1, 0.15) is 22.4 Å². The zero-order valence-corrected chi connectivity index (χ0v) is 29.6. The summed E-state index contributed by atoms with van der Waals surface area (Å²) in [6, 6.07) is 13.8. The second kappa shape index (κ2) is 14.4. The largest absolute Gasteiger partial charge is 0.497 e. The number of hydrogen-bond acceptors (Lipinski definition) is 9. The van der Waals surface area contributed by atoms with Crippen LogP contribution in [0, 0.1) is 0 Å². The van der Waals surface area contributed by atoms with Crippen LogP contribution in [-0.4, -0.2) is 61.1 Å². The molecule has 0 radical (unpaired) electrons. The summed E-state index contributed by atoms with van der Waals surface area (Å²) in [5.74, 6) is -2.89. The number of nitrogens with one attached hydrogen (secondary N) is 1. The molecule has 2 aromatic rings. The maximum absolute atomic E-state index is 14.9. The first kappa shape index (κ1) is 37.4. The van der Waals surface area contributed by atoms with E-state index in [4.69, 9.17) is 23.7 Å². The Morgan fingerprint density at radius 1 is 0.745 bits per heavy atom. The lowest BCUT2D eigenvalue weighted by molar-refractivity contribution is -0.174. The molecule has 1 amide bonds. The van der Waals surface area contributed by atoms with Crippen molar-refractivity contribution in [1.29, 1.82) is 0 Å². The van der Waals surface area contributed by atoms with E-state index in [0.29, 0.717) is 22.4 Å². The maximum Gasteiger partial charge on any atom is 0.407 e. The van der Waals surface area contributed by atoms with Crippen LogP contribution in [0.3, 0.4) is 0 Å². The SMILES string of the molecule is COc1ccc([C@H]2C(C(=O)OC(C)C)(C(=O)OC(C)C)c3ccccc3[C@@]2(CCCNC(=O)OC(C)(C)C)C(=O)OC(C)(C)C)cc1. The number of benzene rings is 2. The smallest absolute Gasteiger partial charge is 0.407 e. The summed E-state index contributed by atoms with van der Waals surface area (Å²) in [6.45, 7) is 17.5. The Bertz CT molecular complexity index is 1410. The molecule has 0 fully saturated rings. The Morgan fingerprint density at radius 3 is 1.72 bits per heavy atom. The molecule has 0 spiro atoms. The Balaban J connectivity index is 2.40. The summed E-state index contributed by atoms with van der Waals surface area (Å²) >= 11 is 0. The minimum absolute atomic E-state index is 0.0943. The van der Waals surface area contributed by atoms with Gasteiger partial charge < -0.3 is 29.0 Å². The second-order valence-corrected chi connectivity index (χ2v) is 14.5. The molecule has 47 heavy (non-hydrogen) atoms. The van der Waals surface area contributed by atoms with Crippen molar-refractivity contribution in [3.63, 3.8) is 0 Å². The molecular weight excluding hydrogens is 602 g/mol. The molecule has 0 saturated heterocycles. The number of amides is 1. The van der Waals surface area contributed by atoms with Gasteiger partial charge in [0.2, 0.25) is 0 Å². The topological polar surface area (TPSA) is 126 Å². The van der Waals surface area contributed by atoms with Crippen molar-refractivity contribution in [2.24, 2.45) is 0 Å². The number of esters is 3. The fourth-order valence-electron chi connectivity index (χ4n) is 6.23. The highest BCUT2D eigenvalue weighted by Gasteiger charge is 2.72. The molecule has 10 heteroatoms. The van der Waals surface area contributed by atoms with Gasteiger partial charge in [-0.2, -0.15) is 0 Å². The predicted molar refractivity (Wildman–Crippen MR) is 177 cm³/mol. The third-order valence-electron chi connectivity index (χ3n) is 7.72. The van der Waals surface area contributed by atoms with Gasteiger partial charge in [0.05, 0.1) is 19.3 Å². The first-order chi connectivity index (χ1) is 21.8. The summed E-state index contributed by atoms with van der Waals surface area (Å²) in [7, 11) is 1.54. The van der Waals surface area contributed by atoms with E-state index >= 15 is 0 Å². The Kier molecular flexibility index (Phi) is 11.4. The molecule has 0 aromatic heterocycles. The van der Waals surface area contributed by atoms with Crippen LogP contribution in [0.2, 0.25) is 0 Å². The van der Waals surface area contributed by atoms with Gasteiger partial charge in [0, 0.05) is 12.5 Å². The van der Waals surface area contributed by atoms with Crippen LogP contribution in [0.4, 0.5) is 4.79 Å². The lowest BCUT2D eigenvalue weighted by Gasteiger charge is -2.41. The zero-order chi connectivity index (χ0) is 35.4. The summed E-state index contributed by atoms with van der Waals surface area (Å²) in [5, 5.41) is 2.77. The van der Waals surface area contributed by atoms with Gasteiger partial charge >= 0.3 is 24.0 Å². The van der Waals surface area contributed by atoms with Crippen LogP contribution in [0.5, 0.6) is 5.75 Å². The Morgan fingerprint density at radius 2 is 1.26 bits per heavy atom. The van der Waals surface area contributed by atoms with Crippen molar-refractivity contribution in [2.45, 2.75) is 122 Å². The van der Waals surface area contributed by atoms with Crippen LogP contribution in [0.25, 0.3) is 0 Å². The fourth-order valence-corrected chi connectivity index (χ4v) is 6.23. The van der Waals surface area contributed by atoms with Crippen molar-refractivity contribution >= 4 is 24.0 Å². The summed E-state index contributed by atoms with van der Waals surface area (Å²) in [4.78, 5) is 56.7. The zero-order valence-electron chi connectivity index (χ0n) is 29.6. The molecule has 10 nitrogen and oxygen atoms in total. The molecule has 2 aromatic carbocycles. The highest BCUT2D eigenvalue weighted by Crippen LogP contribution is 2.63. The first-order valence-electron chi connectivity index (χ1n) is 16.2. The maximum atomic E-state index is 14.9. The molecule has 258 valence electrons. The Hall–Kier alpha value is -4.08. The predicted octanol–water partition coefficient (Wildman–Crippen LogP) is 6.52. The van der Waals surface area contributed by atoms with E-state index < -0.39 is 64.2 Å². The lowest BCUT2D eigenvalue weighted by atomic mass is 9.61. The molecule has 3 rings (SSSR count). The first-order valence-corrected chi connectivity index (χ1v) is 16.2. The Labute approximate surface area is 278 Å². The third kappa shape index (κ3) is 8.08. The number of rotatable bonds is 11. The molecule has 1 aliphatic carbocycles. The molecular formula is C37H51NO9. The van der Waals surface area contributed by atoms with Crippen molar-refractivity contribution in [1.82, 2.24) is 5.32 Å². The number of fused-ring (bicyclic) bond motifs is 1. The van der Waals surface area contributed by atoms with E-state index in [2.05, 4.69) is 5.32 Å². The number of carbonyl (C=O) groups excluding carboxylic acids is 4. The molecule has 0 heterocycles. The monoisotopic (exact) mass is 653 g/mol. The number of carbonyl (C=O) groups is 4. The highest BCUT2D eigenvalue weighted by atomic mass is 16.6. The van der Waals surface area contributed by atoms with Crippen LogP contribution < -0.4 is 10.1 Å². The van der Waals surface area contributed by atoms with Crippen molar-refractivity contribution in [3.8, 4) is 5.75 Å². The average Bonchev–Trinajstić information content (AvgIpc) is 3.21. The average molecular weight is 654 g/mol. The standard InChI is InChI=1S/C37H51NO9/c1-23(2)44-31(40)37(32(41)45-24(3)4)28-16-13-12-15-27(28)36(30(39)46-34(5,6)7,21-14-22-38-33(42)47-35(8,9)10)29(37)25-17-19-26(43-11)20-18-25/h12-13,15-20,23-24,29H,14,21-22H2,1-11H3,(H,38,42)/t29-,36-/m1/s1. The van der Waals surface area contributed by atoms with Gasteiger partial charge in [-0.3, -0.25) is 14.4 Å². The molecule has 2 atom stereocenters. The van der Waals surface area contributed by atoms with Gasteiger partial charge in [0.15, 0.2) is 5.41 Å². The van der Waals surface area contributed by atoms with Crippen LogP contribution in [-0.2, 0) is 44.2 Å². The van der Waals surface area contributed by atoms with Gasteiger partial charge in [-0.25, -0.2) is 4.79 Å². The normalized spacial score (nSPS) is 18.7. The van der Waals surface area contributed by atoms with Crippen molar-refractivity contribution in [2.75, 3.05) is 13.7 Å². The molecule has 0 unspecified atom stereocenters. The molecule has 1 N–H and O–H groups in total. The highest BCUT2D eigenvalue weighted by molar-refractivity contribution is 6.12. The number of alkyl carbamates (subject to hydrolysis) is 1. The van der Waals surface area contributed by atoms with E-state index in [1.165, 1.54) is 7.11 Å². The molecule has 1 aliphatic rings. The van der Waals surface area contributed by atoms with Crippen molar-refractivity contribution < 1.29 is 42.9 Å². The van der Waals surface area contributed by atoms with Gasteiger partial charge in [0.25, 0.3) is 0 Å². The molecule has 0 saturated carbocycles. The van der Waals surface area contributed by atoms with Crippen molar-refractivity contribution in [3.05, 3.63) is 65.2 Å². The molecule has 0 bridgehead atoms. The summed E-state index contributed by atoms with van der Waals surface area (Å²) in [5.41, 5.74) is -4.03. The van der Waals surface area contributed by atoms with Gasteiger partial charge in [-0.05, 0) is 111 Å². The van der Waals surface area contributed by atoms with E-state index in [1.807, 2.05) is 0 Å². The minimum atomic E-state index is -2.09. The number of hydrogen-bond donors (Lipinski definition) is 1. The van der Waals surface area contributed by atoms with E-state index in [9.17, 15) is 19.2 Å². The van der Waals surface area contributed by atoms with Gasteiger partial charge in [-0.15, -0.1) is 0 Å². The number of ether oxygens (including phenoxy) is 5. The molecule has 0 aliphatic heterocycles. The van der Waals surface area contributed by atoms with E-state index in [0.717, 1.165) is 0 Å². The lowest BCUT2D eigenvalue weighted by Crippen LogP contribution is -2.55. The van der Waals surface area contributed by atoms with Crippen LogP contribution in [0.1, 0.15) is 105 Å². The third-order valence-corrected chi connectivity index (χ3v) is 7.72. The second-order valence-electron chi connectivity index (χ2n) is 14.5. The van der Waals surface area contributed by atoms with E-state index in [1.54, 1.807) is 118 Å². The fraction of sp³-hybridized carbons (Fsp3) is 0.568.